The Morgan fingerprint density at radius 3 is 2.03 bits per heavy atom. The summed E-state index contributed by atoms with van der Waals surface area (Å²) < 4.78 is 24.2. The highest BCUT2D eigenvalue weighted by molar-refractivity contribution is 6.42. The molecule has 7 nitrogen and oxygen atoms in total. The molecule has 0 saturated heterocycles. The number of aliphatic hydroxyl groups excluding tert-OH is 1. The molecule has 0 heterocycles. The summed E-state index contributed by atoms with van der Waals surface area (Å²) in [6.45, 7) is -0.507. The smallest absolute Gasteiger partial charge is 0.258 e. The van der Waals surface area contributed by atoms with Crippen LogP contribution in [0.15, 0.2) is 36.4 Å². The highest BCUT2D eigenvalue weighted by atomic mass is 35.5. The van der Waals surface area contributed by atoms with Gasteiger partial charge in [-0.1, -0.05) is 34.8 Å². The molecule has 3 aliphatic carbocycles. The second-order valence-corrected chi connectivity index (χ2v) is 10.2. The van der Waals surface area contributed by atoms with Gasteiger partial charge in [-0.05, 0) is 56.4 Å². The molecule has 3 N–H and O–H groups in total. The van der Waals surface area contributed by atoms with Crippen LogP contribution in [0.5, 0.6) is 11.5 Å². The number of carbonyl (C=O) groups is 2. The molecule has 11 heteroatoms. The maximum absolute atomic E-state index is 13.3. The average molecular weight is 546 g/mol. The minimum absolute atomic E-state index is 0.0927. The largest absolute Gasteiger partial charge is 0.484 e. The Morgan fingerprint density at radius 2 is 1.46 bits per heavy atom. The molecular formula is C24H24Cl3FN2O5. The Kier molecular flexibility index (Phi) is 7.66. The fourth-order valence-corrected chi connectivity index (χ4v) is 5.20. The van der Waals surface area contributed by atoms with Crippen LogP contribution in [-0.2, 0) is 9.59 Å². The maximum atomic E-state index is 13.3. The number of amides is 2. The third kappa shape index (κ3) is 5.94. The van der Waals surface area contributed by atoms with Gasteiger partial charge in [0.1, 0.15) is 17.3 Å². The molecule has 5 rings (SSSR count). The van der Waals surface area contributed by atoms with Crippen molar-refractivity contribution < 1.29 is 28.6 Å². The Hall–Kier alpha value is -2.26. The van der Waals surface area contributed by atoms with Crippen LogP contribution in [0.25, 0.3) is 0 Å². The lowest BCUT2D eigenvalue weighted by atomic mass is 9.60. The number of fused-ring (bicyclic) bond motifs is 3. The number of ether oxygens (including phenoxy) is 2. The summed E-state index contributed by atoms with van der Waals surface area (Å²) in [5.41, 5.74) is -1.35. The molecule has 0 aromatic heterocycles. The maximum Gasteiger partial charge on any atom is 0.258 e. The lowest BCUT2D eigenvalue weighted by molar-refractivity contribution is -0.137. The zero-order valence-electron chi connectivity index (χ0n) is 18.6. The van der Waals surface area contributed by atoms with Crippen molar-refractivity contribution in [3.05, 3.63) is 57.3 Å². The first-order valence-corrected chi connectivity index (χ1v) is 12.2. The molecule has 35 heavy (non-hydrogen) atoms. The van der Waals surface area contributed by atoms with Gasteiger partial charge in [0.05, 0.1) is 26.7 Å². The SMILES string of the molecule is O=C(COc1ccc(F)c(Cl)c1)NC12CCC(NC(=O)COc3ccc(Cl)c(Cl)c3)(CC1)[C@H](O)C2. The molecule has 0 unspecified atom stereocenters. The van der Waals surface area contributed by atoms with Gasteiger partial charge in [0, 0.05) is 17.7 Å². The molecule has 0 spiro atoms. The van der Waals surface area contributed by atoms with E-state index in [1.54, 1.807) is 12.1 Å². The van der Waals surface area contributed by atoms with Gasteiger partial charge in [-0.3, -0.25) is 9.59 Å². The van der Waals surface area contributed by atoms with Crippen LogP contribution in [-0.4, -0.2) is 47.3 Å². The topological polar surface area (TPSA) is 96.9 Å². The third-order valence-electron chi connectivity index (χ3n) is 6.64. The van der Waals surface area contributed by atoms with Crippen LogP contribution in [0.4, 0.5) is 4.39 Å². The van der Waals surface area contributed by atoms with Gasteiger partial charge < -0.3 is 25.2 Å². The molecule has 0 radical (unpaired) electrons. The monoisotopic (exact) mass is 544 g/mol. The third-order valence-corrected chi connectivity index (χ3v) is 7.66. The highest BCUT2D eigenvalue weighted by Crippen LogP contribution is 2.47. The fraction of sp³-hybridized carbons (Fsp3) is 0.417. The molecule has 2 amide bonds. The van der Waals surface area contributed by atoms with Crippen molar-refractivity contribution in [3.8, 4) is 11.5 Å². The lowest BCUT2D eigenvalue weighted by Gasteiger charge is -2.56. The Balaban J connectivity index is 1.28. The number of hydrogen-bond donors (Lipinski definition) is 3. The highest BCUT2D eigenvalue weighted by Gasteiger charge is 2.55. The number of carbonyl (C=O) groups excluding carboxylic acids is 2. The van der Waals surface area contributed by atoms with Crippen molar-refractivity contribution in [1.29, 1.82) is 0 Å². The van der Waals surface area contributed by atoms with E-state index in [4.69, 9.17) is 44.3 Å². The molecule has 3 fully saturated rings. The number of nitrogens with one attached hydrogen (secondary N) is 2. The summed E-state index contributed by atoms with van der Waals surface area (Å²) >= 11 is 17.6. The van der Waals surface area contributed by atoms with Gasteiger partial charge in [-0.2, -0.15) is 0 Å². The average Bonchev–Trinajstić information content (AvgIpc) is 2.82. The van der Waals surface area contributed by atoms with E-state index in [2.05, 4.69) is 10.6 Å². The molecule has 3 aliphatic rings. The predicted octanol–water partition coefficient (Wildman–Crippen LogP) is 4.29. The van der Waals surface area contributed by atoms with Crippen LogP contribution < -0.4 is 20.1 Å². The Labute approximate surface area is 216 Å². The van der Waals surface area contributed by atoms with Gasteiger partial charge in [0.2, 0.25) is 0 Å². The molecule has 2 bridgehead atoms. The first-order chi connectivity index (χ1) is 16.6. The summed E-state index contributed by atoms with van der Waals surface area (Å²) in [6.07, 6.45) is 1.65. The second-order valence-electron chi connectivity index (χ2n) is 8.98. The lowest BCUT2D eigenvalue weighted by Crippen LogP contribution is -2.70. The van der Waals surface area contributed by atoms with Crippen LogP contribution in [0.3, 0.4) is 0 Å². The summed E-state index contributed by atoms with van der Waals surface area (Å²) in [7, 11) is 0. The molecule has 188 valence electrons. The summed E-state index contributed by atoms with van der Waals surface area (Å²) in [6, 6.07) is 8.57. The van der Waals surface area contributed by atoms with Crippen molar-refractivity contribution in [1.82, 2.24) is 10.6 Å². The molecule has 3 saturated carbocycles. The van der Waals surface area contributed by atoms with Crippen molar-refractivity contribution in [2.24, 2.45) is 0 Å². The van der Waals surface area contributed by atoms with Gasteiger partial charge in [0.15, 0.2) is 13.2 Å². The van der Waals surface area contributed by atoms with Crippen molar-refractivity contribution in [2.75, 3.05) is 13.2 Å². The number of halogens is 4. The van der Waals surface area contributed by atoms with Crippen LogP contribution in [0.1, 0.15) is 32.1 Å². The number of benzene rings is 2. The van der Waals surface area contributed by atoms with E-state index in [-0.39, 0.29) is 35.8 Å². The van der Waals surface area contributed by atoms with Crippen LogP contribution in [0.2, 0.25) is 15.1 Å². The zero-order valence-corrected chi connectivity index (χ0v) is 20.9. The van der Waals surface area contributed by atoms with E-state index in [1.165, 1.54) is 18.2 Å². The standard InChI is InChI=1S/C24H24Cl3FN2O5/c25-16-3-1-14(9-17(16)26)35-13-22(33)30-24-7-5-23(6-8-24,11-20(24)31)29-21(32)12-34-15-2-4-19(28)18(27)10-15/h1-4,9-10,20,31H,5-8,11-13H2,(H,29,32)(H,30,33)/t20-,23?,24?/m1/s1. The summed E-state index contributed by atoms with van der Waals surface area (Å²) in [5, 5.41) is 17.4. The normalized spacial score (nSPS) is 25.1. The van der Waals surface area contributed by atoms with E-state index in [9.17, 15) is 19.1 Å². The number of aliphatic hydroxyl groups is 1. The van der Waals surface area contributed by atoms with Gasteiger partial charge in [0.25, 0.3) is 11.8 Å². The molecule has 2 aromatic carbocycles. The Bertz CT molecular complexity index is 1120. The van der Waals surface area contributed by atoms with E-state index < -0.39 is 23.0 Å². The van der Waals surface area contributed by atoms with E-state index in [0.29, 0.717) is 47.9 Å². The minimum atomic E-state index is -0.837. The number of hydrogen-bond acceptors (Lipinski definition) is 5. The van der Waals surface area contributed by atoms with Crippen molar-refractivity contribution >= 4 is 46.6 Å². The van der Waals surface area contributed by atoms with Crippen LogP contribution >= 0.6 is 34.8 Å². The van der Waals surface area contributed by atoms with Crippen LogP contribution in [0, 0.1) is 5.82 Å². The zero-order chi connectivity index (χ0) is 25.2. The number of rotatable bonds is 8. The predicted molar refractivity (Wildman–Crippen MR) is 130 cm³/mol. The summed E-state index contributed by atoms with van der Waals surface area (Å²) in [4.78, 5) is 25.1. The molecule has 2 aromatic rings. The first kappa shape index (κ1) is 25.8. The minimum Gasteiger partial charge on any atom is -0.484 e. The summed E-state index contributed by atoms with van der Waals surface area (Å²) in [5.74, 6) is -0.601. The quantitative estimate of drug-likeness (QED) is 0.460. The Morgan fingerprint density at radius 1 is 0.886 bits per heavy atom. The van der Waals surface area contributed by atoms with E-state index in [1.807, 2.05) is 0 Å². The van der Waals surface area contributed by atoms with Gasteiger partial charge >= 0.3 is 0 Å². The van der Waals surface area contributed by atoms with E-state index in [0.717, 1.165) is 6.07 Å². The van der Waals surface area contributed by atoms with Crippen molar-refractivity contribution in [2.45, 2.75) is 49.3 Å². The van der Waals surface area contributed by atoms with E-state index >= 15 is 0 Å². The molecule has 0 aliphatic heterocycles. The van der Waals surface area contributed by atoms with Gasteiger partial charge in [-0.25, -0.2) is 4.39 Å². The van der Waals surface area contributed by atoms with Crippen molar-refractivity contribution in [3.63, 3.8) is 0 Å². The fourth-order valence-electron chi connectivity index (χ4n) is 4.74. The molecule has 1 atom stereocenters. The second kappa shape index (κ2) is 10.4. The first-order valence-electron chi connectivity index (χ1n) is 11.1. The molecular weight excluding hydrogens is 522 g/mol. The van der Waals surface area contributed by atoms with Gasteiger partial charge in [-0.15, -0.1) is 0 Å².